The third-order valence-electron chi connectivity index (χ3n) is 3.72. The van der Waals surface area contributed by atoms with E-state index < -0.39 is 0 Å². The molecule has 6 heteroatoms. The summed E-state index contributed by atoms with van der Waals surface area (Å²) in [6.45, 7) is 1.52. The Bertz CT molecular complexity index is 705. The van der Waals surface area contributed by atoms with Crippen molar-refractivity contribution < 1.29 is 4.79 Å². The summed E-state index contributed by atoms with van der Waals surface area (Å²) in [7, 11) is 0. The maximum atomic E-state index is 11.9. The van der Waals surface area contributed by atoms with Crippen molar-refractivity contribution in [3.8, 4) is 0 Å². The summed E-state index contributed by atoms with van der Waals surface area (Å²) in [5, 5.41) is 8.95. The first-order valence-corrected chi connectivity index (χ1v) is 8.22. The molecule has 0 saturated carbocycles. The zero-order valence-corrected chi connectivity index (χ0v) is 13.7. The van der Waals surface area contributed by atoms with E-state index in [0.29, 0.717) is 13.0 Å². The number of nitrogens with one attached hydrogen (secondary N) is 3. The maximum absolute atomic E-state index is 11.9. The molecule has 0 fully saturated rings. The maximum Gasteiger partial charge on any atom is 0.319 e. The smallest absolute Gasteiger partial charge is 0.319 e. The van der Waals surface area contributed by atoms with E-state index in [-0.39, 0.29) is 6.03 Å². The molecule has 0 saturated heterocycles. The minimum atomic E-state index is -0.222. The van der Waals surface area contributed by atoms with E-state index in [4.69, 9.17) is 0 Å². The Kier molecular flexibility index (Phi) is 5.02. The standard InChI is InChI=1S/C17H20N4OS/c22-17(21-14-4-1-5-15(23)11-14)19-10-8-13-7-6-12-3-2-9-18-16(12)20-13/h1,4-7,11,23H,2-3,8-10H2,(H,18,20)(H2,19,21,22). The van der Waals surface area contributed by atoms with Crippen molar-refractivity contribution in [3.05, 3.63) is 47.7 Å². The van der Waals surface area contributed by atoms with Gasteiger partial charge in [-0.2, -0.15) is 0 Å². The molecule has 0 bridgehead atoms. The second kappa shape index (κ2) is 7.37. The van der Waals surface area contributed by atoms with Crippen molar-refractivity contribution >= 4 is 30.2 Å². The summed E-state index contributed by atoms with van der Waals surface area (Å²) in [5.41, 5.74) is 2.99. The molecule has 1 aromatic heterocycles. The molecule has 1 aliphatic heterocycles. The van der Waals surface area contributed by atoms with Crippen molar-refractivity contribution in [1.29, 1.82) is 0 Å². The van der Waals surface area contributed by atoms with E-state index in [9.17, 15) is 4.79 Å². The van der Waals surface area contributed by atoms with Crippen molar-refractivity contribution in [1.82, 2.24) is 10.3 Å². The van der Waals surface area contributed by atoms with Crippen molar-refractivity contribution in [3.63, 3.8) is 0 Å². The third-order valence-corrected chi connectivity index (χ3v) is 4.00. The van der Waals surface area contributed by atoms with Crippen molar-refractivity contribution in [2.75, 3.05) is 23.7 Å². The average Bonchev–Trinajstić information content (AvgIpc) is 2.55. The second-order valence-electron chi connectivity index (χ2n) is 5.52. The fourth-order valence-corrected chi connectivity index (χ4v) is 2.80. The number of hydrogen-bond acceptors (Lipinski definition) is 4. The fourth-order valence-electron chi connectivity index (χ4n) is 2.57. The number of nitrogens with zero attached hydrogens (tertiary/aromatic N) is 1. The largest absolute Gasteiger partial charge is 0.370 e. The highest BCUT2D eigenvalue weighted by molar-refractivity contribution is 7.80. The molecule has 2 aromatic rings. The normalized spacial score (nSPS) is 12.9. The van der Waals surface area contributed by atoms with Crippen LogP contribution in [0.1, 0.15) is 17.7 Å². The predicted molar refractivity (Wildman–Crippen MR) is 95.5 cm³/mol. The van der Waals surface area contributed by atoms with Gasteiger partial charge in [-0.15, -0.1) is 12.6 Å². The van der Waals surface area contributed by atoms with Gasteiger partial charge in [0.15, 0.2) is 0 Å². The lowest BCUT2D eigenvalue weighted by Gasteiger charge is -2.17. The van der Waals surface area contributed by atoms with E-state index >= 15 is 0 Å². The van der Waals surface area contributed by atoms with Gasteiger partial charge in [-0.1, -0.05) is 12.1 Å². The Hall–Kier alpha value is -2.21. The van der Waals surface area contributed by atoms with Crippen LogP contribution in [0.5, 0.6) is 0 Å². The number of hydrogen-bond donors (Lipinski definition) is 4. The Morgan fingerprint density at radius 3 is 3.09 bits per heavy atom. The Labute approximate surface area is 141 Å². The van der Waals surface area contributed by atoms with Crippen LogP contribution in [0.2, 0.25) is 0 Å². The van der Waals surface area contributed by atoms with Crippen LogP contribution in [0.15, 0.2) is 41.3 Å². The quantitative estimate of drug-likeness (QED) is 0.652. The van der Waals surface area contributed by atoms with Crippen LogP contribution in [0, 0.1) is 0 Å². The number of urea groups is 1. The van der Waals surface area contributed by atoms with Crippen LogP contribution in [-0.2, 0) is 12.8 Å². The van der Waals surface area contributed by atoms with Crippen LogP contribution in [0.4, 0.5) is 16.3 Å². The number of anilines is 2. The number of benzene rings is 1. The highest BCUT2D eigenvalue weighted by atomic mass is 32.1. The van der Waals surface area contributed by atoms with Crippen molar-refractivity contribution in [2.24, 2.45) is 0 Å². The monoisotopic (exact) mass is 328 g/mol. The summed E-state index contributed by atoms with van der Waals surface area (Å²) >= 11 is 4.25. The number of aromatic nitrogens is 1. The average molecular weight is 328 g/mol. The number of amides is 2. The van der Waals surface area contributed by atoms with Crippen LogP contribution in [0.25, 0.3) is 0 Å². The molecule has 23 heavy (non-hydrogen) atoms. The molecule has 1 aromatic carbocycles. The molecule has 3 N–H and O–H groups in total. The van der Waals surface area contributed by atoms with Crippen LogP contribution >= 0.6 is 12.6 Å². The number of thiol groups is 1. The van der Waals surface area contributed by atoms with Gasteiger partial charge >= 0.3 is 6.03 Å². The molecule has 2 amide bonds. The highest BCUT2D eigenvalue weighted by Crippen LogP contribution is 2.19. The molecule has 0 radical (unpaired) electrons. The summed E-state index contributed by atoms with van der Waals surface area (Å²) in [5.74, 6) is 0.990. The molecule has 0 aliphatic carbocycles. The summed E-state index contributed by atoms with van der Waals surface area (Å²) in [6.07, 6.45) is 2.94. The molecule has 1 aliphatic rings. The van der Waals surface area contributed by atoms with Gasteiger partial charge in [-0.05, 0) is 42.7 Å². The Morgan fingerprint density at radius 1 is 1.30 bits per heavy atom. The molecule has 5 nitrogen and oxygen atoms in total. The van der Waals surface area contributed by atoms with Gasteiger partial charge in [0.2, 0.25) is 0 Å². The van der Waals surface area contributed by atoms with Gasteiger partial charge in [-0.25, -0.2) is 9.78 Å². The minimum absolute atomic E-state index is 0.222. The summed E-state index contributed by atoms with van der Waals surface area (Å²) in [6, 6.07) is 11.3. The lowest BCUT2D eigenvalue weighted by molar-refractivity contribution is 0.252. The molecule has 2 heterocycles. The Balaban J connectivity index is 1.48. The van der Waals surface area contributed by atoms with Crippen LogP contribution < -0.4 is 16.0 Å². The van der Waals surface area contributed by atoms with Crippen molar-refractivity contribution in [2.45, 2.75) is 24.2 Å². The minimum Gasteiger partial charge on any atom is -0.370 e. The summed E-state index contributed by atoms with van der Waals surface area (Å²) in [4.78, 5) is 17.3. The van der Waals surface area contributed by atoms with E-state index in [1.165, 1.54) is 5.56 Å². The SMILES string of the molecule is O=C(NCCc1ccc2c(n1)NCCC2)Nc1cccc(S)c1. The van der Waals surface area contributed by atoms with E-state index in [1.54, 1.807) is 6.07 Å². The number of fused-ring (bicyclic) bond motifs is 1. The molecular weight excluding hydrogens is 308 g/mol. The Morgan fingerprint density at radius 2 is 2.22 bits per heavy atom. The van der Waals surface area contributed by atoms with Gasteiger partial charge in [0, 0.05) is 35.8 Å². The van der Waals surface area contributed by atoms with Gasteiger partial charge in [-0.3, -0.25) is 0 Å². The van der Waals surface area contributed by atoms with Crippen LogP contribution in [0.3, 0.4) is 0 Å². The predicted octanol–water partition coefficient (Wildman–Crippen LogP) is 3.09. The molecule has 3 rings (SSSR count). The molecule has 120 valence electrons. The van der Waals surface area contributed by atoms with E-state index in [1.807, 2.05) is 24.3 Å². The molecule has 0 atom stereocenters. The molecule has 0 unspecified atom stereocenters. The van der Waals surface area contributed by atoms with E-state index in [2.05, 4.69) is 39.6 Å². The molecular formula is C17H20N4OS. The number of pyridine rings is 1. The third kappa shape index (κ3) is 4.39. The van der Waals surface area contributed by atoms with Gasteiger partial charge in [0.1, 0.15) is 5.82 Å². The number of rotatable bonds is 4. The first-order chi connectivity index (χ1) is 11.2. The van der Waals surface area contributed by atoms with Gasteiger partial charge in [0.05, 0.1) is 0 Å². The molecule has 0 spiro atoms. The van der Waals surface area contributed by atoms with Gasteiger partial charge < -0.3 is 16.0 Å². The number of aryl methyl sites for hydroxylation is 1. The second-order valence-corrected chi connectivity index (χ2v) is 6.04. The first-order valence-electron chi connectivity index (χ1n) is 7.77. The zero-order valence-electron chi connectivity index (χ0n) is 12.8. The van der Waals surface area contributed by atoms with Crippen LogP contribution in [-0.4, -0.2) is 24.1 Å². The highest BCUT2D eigenvalue weighted by Gasteiger charge is 2.10. The first kappa shape index (κ1) is 15.7. The van der Waals surface area contributed by atoms with Gasteiger partial charge in [0.25, 0.3) is 0 Å². The lowest BCUT2D eigenvalue weighted by atomic mass is 10.1. The van der Waals surface area contributed by atoms with E-state index in [0.717, 1.165) is 41.5 Å². The zero-order chi connectivity index (χ0) is 16.1. The number of carbonyl (C=O) groups is 1. The lowest BCUT2D eigenvalue weighted by Crippen LogP contribution is -2.30. The fraction of sp³-hybridized carbons (Fsp3) is 0.294. The summed E-state index contributed by atoms with van der Waals surface area (Å²) < 4.78 is 0. The number of carbonyl (C=O) groups excluding carboxylic acids is 1. The topological polar surface area (TPSA) is 66.0 Å².